The highest BCUT2D eigenvalue weighted by Gasteiger charge is 2.20. The zero-order valence-electron chi connectivity index (χ0n) is 15.0. The monoisotopic (exact) mass is 372 g/mol. The van der Waals surface area contributed by atoms with Crippen molar-refractivity contribution >= 4 is 39.2 Å². The number of benzene rings is 1. The Morgan fingerprint density at radius 3 is 2.73 bits per heavy atom. The number of hydrogen-bond donors (Lipinski definition) is 2. The van der Waals surface area contributed by atoms with Gasteiger partial charge in [-0.05, 0) is 38.1 Å². The Morgan fingerprint density at radius 1 is 1.31 bits per heavy atom. The summed E-state index contributed by atoms with van der Waals surface area (Å²) in [6, 6.07) is 6.69. The minimum absolute atomic E-state index is 0.312. The van der Waals surface area contributed by atoms with E-state index in [0.29, 0.717) is 10.8 Å². The molecule has 0 saturated heterocycles. The van der Waals surface area contributed by atoms with Crippen molar-refractivity contribution in [2.75, 3.05) is 12.4 Å². The lowest BCUT2D eigenvalue weighted by atomic mass is 10.2. The molecule has 2 aromatic heterocycles. The molecule has 2 N–H and O–H groups in total. The molecule has 0 bridgehead atoms. The first-order valence-corrected chi connectivity index (χ1v) is 8.94. The molecule has 1 aromatic carbocycles. The summed E-state index contributed by atoms with van der Waals surface area (Å²) in [7, 11) is 3.41. The van der Waals surface area contributed by atoms with Crippen molar-refractivity contribution in [2.45, 2.75) is 19.9 Å². The number of nitrogens with zero attached hydrogens (tertiary/aromatic N) is 2. The average Bonchev–Trinajstić information content (AvgIpc) is 3.17. The summed E-state index contributed by atoms with van der Waals surface area (Å²) in [5.41, 5.74) is 2.22. The normalized spacial score (nSPS) is 12.0. The summed E-state index contributed by atoms with van der Waals surface area (Å²) in [5, 5.41) is 8.70. The Balaban J connectivity index is 1.73. The van der Waals surface area contributed by atoms with E-state index < -0.39 is 6.04 Å². The van der Waals surface area contributed by atoms with Crippen molar-refractivity contribution in [3.8, 4) is 5.75 Å². The van der Waals surface area contributed by atoms with Crippen LogP contribution in [-0.4, -0.2) is 34.5 Å². The molecule has 3 rings (SSSR count). The molecule has 0 saturated carbocycles. The van der Waals surface area contributed by atoms with Crippen LogP contribution in [0.2, 0.25) is 0 Å². The highest BCUT2D eigenvalue weighted by molar-refractivity contribution is 7.13. The average molecular weight is 372 g/mol. The molecule has 3 aromatic rings. The minimum Gasteiger partial charge on any atom is -0.497 e. The van der Waals surface area contributed by atoms with Gasteiger partial charge in [0.1, 0.15) is 17.5 Å². The molecule has 0 spiro atoms. The van der Waals surface area contributed by atoms with Crippen molar-refractivity contribution in [3.05, 3.63) is 41.0 Å². The van der Waals surface area contributed by atoms with Crippen LogP contribution in [-0.2, 0) is 11.8 Å². The number of ether oxygens (including phenoxy) is 1. The maximum atomic E-state index is 12.6. The SMILES string of the molecule is COc1ccc2c(c1)cc(C(=O)N[C@@H](C)C(=O)Nc1nc(C)cs1)n2C. The zero-order chi connectivity index (χ0) is 18.8. The molecule has 0 aliphatic heterocycles. The van der Waals surface area contributed by atoms with Crippen LogP contribution < -0.4 is 15.4 Å². The summed E-state index contributed by atoms with van der Waals surface area (Å²) < 4.78 is 7.01. The molecule has 2 amide bonds. The van der Waals surface area contributed by atoms with Gasteiger partial charge in [0.05, 0.1) is 12.8 Å². The largest absolute Gasteiger partial charge is 0.497 e. The first-order valence-electron chi connectivity index (χ1n) is 8.06. The number of carbonyl (C=O) groups is 2. The number of aryl methyl sites for hydroxylation is 2. The van der Waals surface area contributed by atoms with E-state index in [0.717, 1.165) is 22.3 Å². The fourth-order valence-corrected chi connectivity index (χ4v) is 3.32. The second-order valence-corrected chi connectivity index (χ2v) is 6.85. The third-order valence-electron chi connectivity index (χ3n) is 4.07. The lowest BCUT2D eigenvalue weighted by Crippen LogP contribution is -2.42. The van der Waals surface area contributed by atoms with Crippen LogP contribution in [0.15, 0.2) is 29.6 Å². The van der Waals surface area contributed by atoms with Gasteiger partial charge in [-0.25, -0.2) is 4.98 Å². The van der Waals surface area contributed by atoms with Crippen LogP contribution in [0.4, 0.5) is 5.13 Å². The number of aromatic nitrogens is 2. The predicted octanol–water partition coefficient (Wildman–Crippen LogP) is 2.71. The van der Waals surface area contributed by atoms with Gasteiger partial charge in [0.2, 0.25) is 5.91 Å². The van der Waals surface area contributed by atoms with Crippen molar-refractivity contribution in [2.24, 2.45) is 7.05 Å². The first-order chi connectivity index (χ1) is 12.4. The predicted molar refractivity (Wildman–Crippen MR) is 102 cm³/mol. The highest BCUT2D eigenvalue weighted by Crippen LogP contribution is 2.24. The van der Waals surface area contributed by atoms with Gasteiger partial charge in [-0.3, -0.25) is 9.59 Å². The van der Waals surface area contributed by atoms with Crippen LogP contribution in [0.5, 0.6) is 5.75 Å². The molecule has 7 nitrogen and oxygen atoms in total. The van der Waals surface area contributed by atoms with Crippen LogP contribution >= 0.6 is 11.3 Å². The molecule has 0 aliphatic carbocycles. The second-order valence-electron chi connectivity index (χ2n) is 5.99. The van der Waals surface area contributed by atoms with E-state index in [9.17, 15) is 9.59 Å². The Labute approximate surface area is 155 Å². The number of methoxy groups -OCH3 is 1. The molecular weight excluding hydrogens is 352 g/mol. The molecule has 0 fully saturated rings. The number of nitrogens with one attached hydrogen (secondary N) is 2. The molecule has 26 heavy (non-hydrogen) atoms. The van der Waals surface area contributed by atoms with E-state index in [1.54, 1.807) is 24.7 Å². The number of fused-ring (bicyclic) bond motifs is 1. The van der Waals surface area contributed by atoms with E-state index in [-0.39, 0.29) is 11.8 Å². The van der Waals surface area contributed by atoms with Gasteiger partial charge in [0, 0.05) is 23.3 Å². The van der Waals surface area contributed by atoms with Gasteiger partial charge in [-0.15, -0.1) is 11.3 Å². The van der Waals surface area contributed by atoms with E-state index in [1.165, 1.54) is 11.3 Å². The standard InChI is InChI=1S/C18H20N4O3S/c1-10-9-26-18(19-10)21-16(23)11(2)20-17(24)15-8-12-7-13(25-4)5-6-14(12)22(15)3/h5-9,11H,1-4H3,(H,20,24)(H,19,21,23)/t11-/m0/s1. The number of rotatable bonds is 5. The summed E-state index contributed by atoms with van der Waals surface area (Å²) in [6.07, 6.45) is 0. The quantitative estimate of drug-likeness (QED) is 0.721. The van der Waals surface area contributed by atoms with E-state index in [2.05, 4.69) is 15.6 Å². The third kappa shape index (κ3) is 3.55. The van der Waals surface area contributed by atoms with Crippen LogP contribution in [0, 0.1) is 6.92 Å². The number of hydrogen-bond acceptors (Lipinski definition) is 5. The minimum atomic E-state index is -0.695. The Bertz CT molecular complexity index is 976. The summed E-state index contributed by atoms with van der Waals surface area (Å²) in [5.74, 6) is 0.0929. The lowest BCUT2D eigenvalue weighted by Gasteiger charge is -2.13. The maximum absolute atomic E-state index is 12.6. The van der Waals surface area contributed by atoms with Gasteiger partial charge in [0.15, 0.2) is 5.13 Å². The van der Waals surface area contributed by atoms with Crippen molar-refractivity contribution in [1.82, 2.24) is 14.9 Å². The number of amides is 2. The fraction of sp³-hybridized carbons (Fsp3) is 0.278. The first kappa shape index (κ1) is 17.9. The number of carbonyl (C=O) groups excluding carboxylic acids is 2. The number of thiazole rings is 1. The van der Waals surface area contributed by atoms with Gasteiger partial charge in [-0.1, -0.05) is 0 Å². The fourth-order valence-electron chi connectivity index (χ4n) is 2.63. The summed E-state index contributed by atoms with van der Waals surface area (Å²) in [4.78, 5) is 29.0. The second kappa shape index (κ2) is 7.17. The molecule has 8 heteroatoms. The van der Waals surface area contributed by atoms with Gasteiger partial charge in [-0.2, -0.15) is 0 Å². The van der Waals surface area contributed by atoms with Gasteiger partial charge in [0.25, 0.3) is 5.91 Å². The van der Waals surface area contributed by atoms with Crippen molar-refractivity contribution in [3.63, 3.8) is 0 Å². The Kier molecular flexibility index (Phi) is 4.94. The van der Waals surface area contributed by atoms with Crippen LogP contribution in [0.3, 0.4) is 0 Å². The van der Waals surface area contributed by atoms with Crippen molar-refractivity contribution in [1.29, 1.82) is 0 Å². The number of anilines is 1. The van der Waals surface area contributed by atoms with E-state index in [1.807, 2.05) is 37.6 Å². The Hall–Kier alpha value is -2.87. The molecular formula is C18H20N4O3S. The van der Waals surface area contributed by atoms with Crippen LogP contribution in [0.1, 0.15) is 23.1 Å². The molecule has 136 valence electrons. The van der Waals surface area contributed by atoms with E-state index >= 15 is 0 Å². The van der Waals surface area contributed by atoms with Gasteiger partial charge < -0.3 is 19.9 Å². The van der Waals surface area contributed by atoms with Crippen molar-refractivity contribution < 1.29 is 14.3 Å². The van der Waals surface area contributed by atoms with Gasteiger partial charge >= 0.3 is 0 Å². The lowest BCUT2D eigenvalue weighted by molar-refractivity contribution is -0.117. The topological polar surface area (TPSA) is 85.2 Å². The molecule has 0 radical (unpaired) electrons. The Morgan fingerprint density at radius 2 is 2.08 bits per heavy atom. The highest BCUT2D eigenvalue weighted by atomic mass is 32.1. The smallest absolute Gasteiger partial charge is 0.268 e. The third-order valence-corrected chi connectivity index (χ3v) is 4.95. The molecule has 0 aliphatic rings. The molecule has 2 heterocycles. The summed E-state index contributed by atoms with van der Waals surface area (Å²) in [6.45, 7) is 3.49. The zero-order valence-corrected chi connectivity index (χ0v) is 15.8. The van der Waals surface area contributed by atoms with Crippen LogP contribution in [0.25, 0.3) is 10.9 Å². The summed E-state index contributed by atoms with van der Waals surface area (Å²) >= 11 is 1.35. The molecule has 1 atom stereocenters. The maximum Gasteiger partial charge on any atom is 0.268 e. The van der Waals surface area contributed by atoms with E-state index in [4.69, 9.17) is 4.74 Å². The molecule has 0 unspecified atom stereocenters.